The van der Waals surface area contributed by atoms with Gasteiger partial charge in [-0.05, 0) is 44.1 Å². The highest BCUT2D eigenvalue weighted by Gasteiger charge is 2.25. The lowest BCUT2D eigenvalue weighted by molar-refractivity contribution is -0.121. The molecule has 2 aromatic rings. The van der Waals surface area contributed by atoms with Crippen LogP contribution in [-0.4, -0.2) is 28.9 Å². The molecule has 1 aromatic heterocycles. The minimum Gasteiger partial charge on any atom is -0.375 e. The SMILES string of the molecule is Nc1ncc(CN2CCC(C(=O)Nc3cccc(Br)c3)CC2)s1. The van der Waals surface area contributed by atoms with Crippen molar-refractivity contribution < 1.29 is 4.79 Å². The van der Waals surface area contributed by atoms with Crippen LogP contribution in [0.2, 0.25) is 0 Å². The number of piperidine rings is 1. The monoisotopic (exact) mass is 394 g/mol. The number of nitrogens with one attached hydrogen (secondary N) is 1. The third kappa shape index (κ3) is 4.53. The van der Waals surface area contributed by atoms with Crippen molar-refractivity contribution in [2.75, 3.05) is 24.1 Å². The minimum atomic E-state index is 0.0803. The highest BCUT2D eigenvalue weighted by atomic mass is 79.9. The Kier molecular flexibility index (Phi) is 5.30. The number of anilines is 2. The van der Waals surface area contributed by atoms with Crippen LogP contribution in [0, 0.1) is 5.92 Å². The summed E-state index contributed by atoms with van der Waals surface area (Å²) in [6, 6.07) is 7.69. The van der Waals surface area contributed by atoms with Gasteiger partial charge < -0.3 is 11.1 Å². The molecule has 5 nitrogen and oxygen atoms in total. The Morgan fingerprint density at radius 3 is 2.87 bits per heavy atom. The summed E-state index contributed by atoms with van der Waals surface area (Å²) >= 11 is 4.95. The summed E-state index contributed by atoms with van der Waals surface area (Å²) in [6.45, 7) is 2.72. The third-order valence-corrected chi connectivity index (χ3v) is 5.31. The molecule has 122 valence electrons. The molecule has 0 bridgehead atoms. The number of aromatic nitrogens is 1. The number of amides is 1. The number of nitrogens with two attached hydrogens (primary N) is 1. The smallest absolute Gasteiger partial charge is 0.227 e. The maximum Gasteiger partial charge on any atom is 0.227 e. The van der Waals surface area contributed by atoms with Crippen molar-refractivity contribution in [3.63, 3.8) is 0 Å². The molecule has 2 heterocycles. The van der Waals surface area contributed by atoms with E-state index in [0.717, 1.165) is 42.6 Å². The van der Waals surface area contributed by atoms with E-state index >= 15 is 0 Å². The second kappa shape index (κ2) is 7.42. The van der Waals surface area contributed by atoms with Gasteiger partial charge in [-0.2, -0.15) is 0 Å². The van der Waals surface area contributed by atoms with Crippen LogP contribution in [0.5, 0.6) is 0 Å². The average molecular weight is 395 g/mol. The molecule has 3 N–H and O–H groups in total. The van der Waals surface area contributed by atoms with E-state index in [9.17, 15) is 4.79 Å². The summed E-state index contributed by atoms with van der Waals surface area (Å²) in [6.07, 6.45) is 3.61. The molecule has 23 heavy (non-hydrogen) atoms. The van der Waals surface area contributed by atoms with E-state index < -0.39 is 0 Å². The first-order valence-electron chi connectivity index (χ1n) is 7.59. The zero-order valence-electron chi connectivity index (χ0n) is 12.7. The Balaban J connectivity index is 1.49. The van der Waals surface area contributed by atoms with Gasteiger partial charge in [0.05, 0.1) is 0 Å². The van der Waals surface area contributed by atoms with Gasteiger partial charge in [-0.3, -0.25) is 9.69 Å². The van der Waals surface area contributed by atoms with Crippen LogP contribution in [0.25, 0.3) is 0 Å². The fraction of sp³-hybridized carbons (Fsp3) is 0.375. The van der Waals surface area contributed by atoms with Crippen molar-refractivity contribution in [1.29, 1.82) is 0 Å². The highest BCUT2D eigenvalue weighted by molar-refractivity contribution is 9.10. The van der Waals surface area contributed by atoms with E-state index in [1.165, 1.54) is 16.2 Å². The van der Waals surface area contributed by atoms with Gasteiger partial charge in [0.25, 0.3) is 0 Å². The number of rotatable bonds is 4. The third-order valence-electron chi connectivity index (χ3n) is 4.00. The number of carbonyl (C=O) groups excluding carboxylic acids is 1. The van der Waals surface area contributed by atoms with Crippen LogP contribution in [-0.2, 0) is 11.3 Å². The van der Waals surface area contributed by atoms with E-state index in [1.807, 2.05) is 30.5 Å². The predicted octanol–water partition coefficient (Wildman–Crippen LogP) is 3.34. The zero-order chi connectivity index (χ0) is 16.2. The largest absolute Gasteiger partial charge is 0.375 e. The molecule has 1 aromatic carbocycles. The number of benzene rings is 1. The normalized spacial score (nSPS) is 16.4. The van der Waals surface area contributed by atoms with Gasteiger partial charge >= 0.3 is 0 Å². The number of hydrogen-bond donors (Lipinski definition) is 2. The number of likely N-dealkylation sites (tertiary alicyclic amines) is 1. The molecule has 0 atom stereocenters. The van der Waals surface area contributed by atoms with E-state index in [2.05, 4.69) is 31.1 Å². The van der Waals surface area contributed by atoms with Gasteiger partial charge in [0, 0.05) is 33.7 Å². The second-order valence-electron chi connectivity index (χ2n) is 5.71. The maximum absolute atomic E-state index is 12.4. The Morgan fingerprint density at radius 1 is 1.43 bits per heavy atom. The number of carbonyl (C=O) groups is 1. The van der Waals surface area contributed by atoms with Crippen molar-refractivity contribution in [3.05, 3.63) is 39.8 Å². The standard InChI is InChI=1S/C16H19BrN4OS/c17-12-2-1-3-13(8-12)20-15(22)11-4-6-21(7-5-11)10-14-9-19-16(18)23-14/h1-3,8-9,11H,4-7,10H2,(H2,18,19)(H,20,22). The van der Waals surface area contributed by atoms with Gasteiger partial charge in [-0.1, -0.05) is 22.0 Å². The number of nitrogens with zero attached hydrogens (tertiary/aromatic N) is 2. The second-order valence-corrected chi connectivity index (χ2v) is 7.78. The number of halogens is 1. The molecule has 7 heteroatoms. The van der Waals surface area contributed by atoms with Gasteiger partial charge in [-0.15, -0.1) is 11.3 Å². The number of thiazole rings is 1. The van der Waals surface area contributed by atoms with Gasteiger partial charge in [0.2, 0.25) is 5.91 Å². The predicted molar refractivity (Wildman–Crippen MR) is 97.3 cm³/mol. The molecule has 0 aliphatic carbocycles. The Hall–Kier alpha value is -1.44. The molecule has 1 fully saturated rings. The molecule has 1 aliphatic heterocycles. The van der Waals surface area contributed by atoms with Crippen LogP contribution in [0.3, 0.4) is 0 Å². The summed E-state index contributed by atoms with van der Waals surface area (Å²) < 4.78 is 0.967. The van der Waals surface area contributed by atoms with Crippen LogP contribution >= 0.6 is 27.3 Å². The molecule has 0 saturated carbocycles. The molecule has 0 spiro atoms. The Labute approximate surface area is 148 Å². The molecule has 1 amide bonds. The summed E-state index contributed by atoms with van der Waals surface area (Å²) in [5.41, 5.74) is 6.50. The van der Waals surface area contributed by atoms with E-state index in [1.54, 1.807) is 0 Å². The molecule has 0 unspecified atom stereocenters. The topological polar surface area (TPSA) is 71.2 Å². The van der Waals surface area contributed by atoms with Crippen LogP contribution in [0.4, 0.5) is 10.8 Å². The zero-order valence-corrected chi connectivity index (χ0v) is 15.1. The molecular formula is C16H19BrN4OS. The van der Waals surface area contributed by atoms with Crippen molar-refractivity contribution in [1.82, 2.24) is 9.88 Å². The molecule has 0 radical (unpaired) electrons. The van der Waals surface area contributed by atoms with Crippen molar-refractivity contribution >= 4 is 44.0 Å². The van der Waals surface area contributed by atoms with Crippen LogP contribution in [0.1, 0.15) is 17.7 Å². The fourth-order valence-corrected chi connectivity index (χ4v) is 3.91. The average Bonchev–Trinajstić information content (AvgIpc) is 2.93. The van der Waals surface area contributed by atoms with E-state index in [-0.39, 0.29) is 11.8 Å². The molecule has 1 saturated heterocycles. The van der Waals surface area contributed by atoms with Gasteiger partial charge in [0.1, 0.15) is 0 Å². The number of nitrogen functional groups attached to an aromatic ring is 1. The lowest BCUT2D eigenvalue weighted by Crippen LogP contribution is -2.37. The lowest BCUT2D eigenvalue weighted by atomic mass is 9.96. The van der Waals surface area contributed by atoms with Crippen LogP contribution < -0.4 is 11.1 Å². The van der Waals surface area contributed by atoms with Gasteiger partial charge in [0.15, 0.2) is 5.13 Å². The molecular weight excluding hydrogens is 376 g/mol. The van der Waals surface area contributed by atoms with Crippen molar-refractivity contribution in [2.45, 2.75) is 19.4 Å². The Bertz CT molecular complexity index is 682. The van der Waals surface area contributed by atoms with E-state index in [0.29, 0.717) is 5.13 Å². The summed E-state index contributed by atoms with van der Waals surface area (Å²) in [5, 5.41) is 3.62. The quantitative estimate of drug-likeness (QED) is 0.833. The fourth-order valence-electron chi connectivity index (χ4n) is 2.78. The van der Waals surface area contributed by atoms with Crippen molar-refractivity contribution in [2.24, 2.45) is 5.92 Å². The lowest BCUT2D eigenvalue weighted by Gasteiger charge is -2.30. The van der Waals surface area contributed by atoms with Gasteiger partial charge in [-0.25, -0.2) is 4.98 Å². The first kappa shape index (κ1) is 16.4. The minimum absolute atomic E-state index is 0.0803. The van der Waals surface area contributed by atoms with Crippen LogP contribution in [0.15, 0.2) is 34.9 Å². The van der Waals surface area contributed by atoms with E-state index in [4.69, 9.17) is 5.73 Å². The molecule has 3 rings (SSSR count). The maximum atomic E-state index is 12.4. The summed E-state index contributed by atoms with van der Waals surface area (Å²) in [7, 11) is 0. The van der Waals surface area contributed by atoms with Crippen molar-refractivity contribution in [3.8, 4) is 0 Å². The Morgan fingerprint density at radius 2 is 2.22 bits per heavy atom. The first-order chi connectivity index (χ1) is 11.1. The molecule has 1 aliphatic rings. The summed E-state index contributed by atoms with van der Waals surface area (Å²) in [4.78, 5) is 20.0. The first-order valence-corrected chi connectivity index (χ1v) is 9.20. The highest BCUT2D eigenvalue weighted by Crippen LogP contribution is 2.24. The number of hydrogen-bond acceptors (Lipinski definition) is 5. The summed E-state index contributed by atoms with van der Waals surface area (Å²) in [5.74, 6) is 0.196.